The van der Waals surface area contributed by atoms with Gasteiger partial charge in [-0.15, -0.1) is 11.3 Å². The number of carbonyl (C=O) groups is 1. The average Bonchev–Trinajstić information content (AvgIpc) is 2.91. The van der Waals surface area contributed by atoms with Crippen molar-refractivity contribution in [3.63, 3.8) is 0 Å². The van der Waals surface area contributed by atoms with Crippen LogP contribution in [0.5, 0.6) is 0 Å². The highest BCUT2D eigenvalue weighted by molar-refractivity contribution is 7.12. The fraction of sp³-hybridized carbons (Fsp3) is 0.615. The van der Waals surface area contributed by atoms with Crippen molar-refractivity contribution in [1.29, 1.82) is 0 Å². The number of rotatable bonds is 6. The molecule has 0 aliphatic heterocycles. The number of hydrogen-bond acceptors (Lipinski definition) is 3. The molecular formula is C13H19NOS. The van der Waals surface area contributed by atoms with Crippen LogP contribution in [0.15, 0.2) is 17.5 Å². The van der Waals surface area contributed by atoms with Crippen LogP contribution in [-0.2, 0) is 0 Å². The van der Waals surface area contributed by atoms with E-state index in [9.17, 15) is 4.79 Å². The topological polar surface area (TPSA) is 20.3 Å². The third-order valence-electron chi connectivity index (χ3n) is 2.81. The molecule has 0 saturated heterocycles. The third kappa shape index (κ3) is 3.16. The second-order valence-corrected chi connectivity index (χ2v) is 5.90. The zero-order chi connectivity index (χ0) is 11.5. The number of Topliss-reactive ketones (excluding diaryl/α,β-unsaturated/α-hetero) is 1. The van der Waals surface area contributed by atoms with Gasteiger partial charge >= 0.3 is 0 Å². The summed E-state index contributed by atoms with van der Waals surface area (Å²) < 4.78 is 0. The van der Waals surface area contributed by atoms with Gasteiger partial charge in [0.15, 0.2) is 5.78 Å². The second kappa shape index (κ2) is 5.11. The zero-order valence-electron chi connectivity index (χ0n) is 9.98. The van der Waals surface area contributed by atoms with Gasteiger partial charge in [-0.2, -0.15) is 0 Å². The van der Waals surface area contributed by atoms with Crippen LogP contribution in [-0.4, -0.2) is 29.8 Å². The summed E-state index contributed by atoms with van der Waals surface area (Å²) in [5.74, 6) is 0.916. The van der Waals surface area contributed by atoms with E-state index in [1.54, 1.807) is 11.3 Å². The van der Waals surface area contributed by atoms with Crippen LogP contribution in [0.3, 0.4) is 0 Å². The maximum absolute atomic E-state index is 12.0. The Morgan fingerprint density at radius 3 is 2.81 bits per heavy atom. The first-order valence-electron chi connectivity index (χ1n) is 5.97. The van der Waals surface area contributed by atoms with E-state index in [-0.39, 0.29) is 5.78 Å². The van der Waals surface area contributed by atoms with Crippen molar-refractivity contribution >= 4 is 17.1 Å². The second-order valence-electron chi connectivity index (χ2n) is 4.95. The van der Waals surface area contributed by atoms with Crippen LogP contribution >= 0.6 is 11.3 Å². The predicted molar refractivity (Wildman–Crippen MR) is 68.1 cm³/mol. The summed E-state index contributed by atoms with van der Waals surface area (Å²) in [7, 11) is 0. The fourth-order valence-corrected chi connectivity index (χ4v) is 2.61. The molecule has 1 saturated carbocycles. The minimum absolute atomic E-state index is 0.280. The lowest BCUT2D eigenvalue weighted by atomic mass is 10.2. The van der Waals surface area contributed by atoms with E-state index in [0.29, 0.717) is 18.5 Å². The van der Waals surface area contributed by atoms with E-state index < -0.39 is 0 Å². The van der Waals surface area contributed by atoms with Crippen LogP contribution in [0.1, 0.15) is 36.4 Å². The van der Waals surface area contributed by atoms with E-state index in [0.717, 1.165) is 11.4 Å². The summed E-state index contributed by atoms with van der Waals surface area (Å²) in [5, 5.41) is 1.97. The maximum atomic E-state index is 12.0. The zero-order valence-corrected chi connectivity index (χ0v) is 10.8. The molecule has 1 fully saturated rings. The van der Waals surface area contributed by atoms with Gasteiger partial charge < -0.3 is 0 Å². The monoisotopic (exact) mass is 237 g/mol. The highest BCUT2D eigenvalue weighted by atomic mass is 32.1. The first kappa shape index (κ1) is 11.8. The van der Waals surface area contributed by atoms with E-state index in [1.807, 2.05) is 17.5 Å². The highest BCUT2D eigenvalue weighted by Crippen LogP contribution is 2.27. The lowest BCUT2D eigenvalue weighted by Crippen LogP contribution is -2.34. The molecule has 0 unspecified atom stereocenters. The maximum Gasteiger partial charge on any atom is 0.186 e. The lowest BCUT2D eigenvalue weighted by molar-refractivity contribution is 0.0919. The molecule has 1 aromatic rings. The summed E-state index contributed by atoms with van der Waals surface area (Å²) in [5.41, 5.74) is 0. The minimum Gasteiger partial charge on any atom is -0.293 e. The van der Waals surface area contributed by atoms with E-state index in [4.69, 9.17) is 0 Å². The van der Waals surface area contributed by atoms with Gasteiger partial charge in [-0.25, -0.2) is 0 Å². The van der Waals surface area contributed by atoms with Gasteiger partial charge in [0.1, 0.15) is 0 Å². The van der Waals surface area contributed by atoms with Crippen molar-refractivity contribution < 1.29 is 4.79 Å². The van der Waals surface area contributed by atoms with Gasteiger partial charge in [-0.3, -0.25) is 9.69 Å². The quantitative estimate of drug-likeness (QED) is 0.709. The van der Waals surface area contributed by atoms with Crippen molar-refractivity contribution in [3.05, 3.63) is 22.4 Å². The third-order valence-corrected chi connectivity index (χ3v) is 3.72. The Morgan fingerprint density at radius 2 is 2.31 bits per heavy atom. The summed E-state index contributed by atoms with van der Waals surface area (Å²) in [6.45, 7) is 6.07. The Hall–Kier alpha value is -0.670. The number of thiophene rings is 1. The van der Waals surface area contributed by atoms with Crippen LogP contribution in [0.2, 0.25) is 0 Å². The Balaban J connectivity index is 1.92. The van der Waals surface area contributed by atoms with Crippen molar-refractivity contribution in [1.82, 2.24) is 4.90 Å². The minimum atomic E-state index is 0.280. The summed E-state index contributed by atoms with van der Waals surface area (Å²) in [6.07, 6.45) is 2.54. The molecule has 0 bridgehead atoms. The van der Waals surface area contributed by atoms with Crippen LogP contribution < -0.4 is 0 Å². The molecular weight excluding hydrogens is 218 g/mol. The van der Waals surface area contributed by atoms with Crippen molar-refractivity contribution in [2.75, 3.05) is 13.1 Å². The molecule has 2 rings (SSSR count). The molecule has 0 spiro atoms. The van der Waals surface area contributed by atoms with Gasteiger partial charge in [0.25, 0.3) is 0 Å². The first-order valence-corrected chi connectivity index (χ1v) is 6.85. The Labute approximate surface area is 101 Å². The van der Waals surface area contributed by atoms with Crippen molar-refractivity contribution in [2.45, 2.75) is 32.7 Å². The summed E-state index contributed by atoms with van der Waals surface area (Å²) in [4.78, 5) is 15.3. The van der Waals surface area contributed by atoms with Crippen LogP contribution in [0.25, 0.3) is 0 Å². The lowest BCUT2D eigenvalue weighted by Gasteiger charge is -2.22. The summed E-state index contributed by atoms with van der Waals surface area (Å²) in [6, 6.07) is 4.54. The number of nitrogens with zero attached hydrogens (tertiary/aromatic N) is 1. The highest BCUT2D eigenvalue weighted by Gasteiger charge is 2.30. The Bertz CT molecular complexity index is 341. The summed E-state index contributed by atoms with van der Waals surface area (Å²) >= 11 is 1.55. The molecule has 0 N–H and O–H groups in total. The molecule has 0 atom stereocenters. The molecule has 1 heterocycles. The van der Waals surface area contributed by atoms with Gasteiger partial charge in [-0.05, 0) is 30.2 Å². The first-order chi connectivity index (χ1) is 7.66. The number of carbonyl (C=O) groups excluding carboxylic acids is 1. The van der Waals surface area contributed by atoms with E-state index in [2.05, 4.69) is 18.7 Å². The molecule has 0 aromatic carbocycles. The fourth-order valence-electron chi connectivity index (χ4n) is 1.95. The predicted octanol–water partition coefficient (Wildman–Crippen LogP) is 3.05. The molecule has 1 aliphatic carbocycles. The Morgan fingerprint density at radius 1 is 1.56 bits per heavy atom. The molecule has 2 nitrogen and oxygen atoms in total. The molecule has 88 valence electrons. The van der Waals surface area contributed by atoms with Crippen LogP contribution in [0, 0.1) is 5.92 Å². The molecule has 1 aromatic heterocycles. The number of hydrogen-bond donors (Lipinski definition) is 0. The normalized spacial score (nSPS) is 16.0. The van der Waals surface area contributed by atoms with Gasteiger partial charge in [-0.1, -0.05) is 19.9 Å². The largest absolute Gasteiger partial charge is 0.293 e. The SMILES string of the molecule is CC(C)CN(CC(=O)c1cccs1)C1CC1. The van der Waals surface area contributed by atoms with Gasteiger partial charge in [0.2, 0.25) is 0 Å². The Kier molecular flexibility index (Phi) is 3.77. The molecule has 1 aliphatic rings. The smallest absolute Gasteiger partial charge is 0.186 e. The average molecular weight is 237 g/mol. The molecule has 0 amide bonds. The molecule has 3 heteroatoms. The standard InChI is InChI=1S/C13H19NOS/c1-10(2)8-14(11-5-6-11)9-12(15)13-4-3-7-16-13/h3-4,7,10-11H,5-6,8-9H2,1-2H3. The van der Waals surface area contributed by atoms with Gasteiger partial charge in [0.05, 0.1) is 11.4 Å². The van der Waals surface area contributed by atoms with Crippen molar-refractivity contribution in [2.24, 2.45) is 5.92 Å². The molecule has 0 radical (unpaired) electrons. The van der Waals surface area contributed by atoms with E-state index >= 15 is 0 Å². The van der Waals surface area contributed by atoms with Gasteiger partial charge in [0, 0.05) is 12.6 Å². The number of ketones is 1. The van der Waals surface area contributed by atoms with Crippen molar-refractivity contribution in [3.8, 4) is 0 Å². The van der Waals surface area contributed by atoms with E-state index in [1.165, 1.54) is 12.8 Å². The molecule has 16 heavy (non-hydrogen) atoms. The van der Waals surface area contributed by atoms with Crippen LogP contribution in [0.4, 0.5) is 0 Å².